The van der Waals surface area contributed by atoms with Gasteiger partial charge in [-0.25, -0.2) is 9.59 Å². The van der Waals surface area contributed by atoms with Crippen molar-refractivity contribution in [1.29, 1.82) is 0 Å². The van der Waals surface area contributed by atoms with E-state index in [2.05, 4.69) is 10.2 Å². The van der Waals surface area contributed by atoms with E-state index in [0.717, 1.165) is 13.1 Å². The van der Waals surface area contributed by atoms with Crippen molar-refractivity contribution in [2.75, 3.05) is 45.7 Å². The average Bonchev–Trinajstić information content (AvgIpc) is 2.47. The molecule has 7 heteroatoms. The molecule has 1 heterocycles. The summed E-state index contributed by atoms with van der Waals surface area (Å²) in [5.74, 6) is -0.616. The number of nitrogens with one attached hydrogen (secondary N) is 1. The number of ether oxygens (including phenoxy) is 1. The highest BCUT2D eigenvalue weighted by atomic mass is 16.5. The largest absolute Gasteiger partial charge is 0.495 e. The Morgan fingerprint density at radius 2 is 1.90 bits per heavy atom. The van der Waals surface area contributed by atoms with Crippen LogP contribution in [0.2, 0.25) is 0 Å². The molecule has 0 spiro atoms. The smallest absolute Gasteiger partial charge is 0.335 e. The third-order valence-electron chi connectivity index (χ3n) is 3.48. The van der Waals surface area contributed by atoms with Crippen LogP contribution in [-0.2, 0) is 0 Å². The number of likely N-dealkylation sites (N-methyl/N-ethyl adjacent to an activating group) is 1. The number of hydrogen-bond acceptors (Lipinski definition) is 4. The van der Waals surface area contributed by atoms with Crippen molar-refractivity contribution in [3.63, 3.8) is 0 Å². The van der Waals surface area contributed by atoms with Crippen LogP contribution in [0.25, 0.3) is 0 Å². The molecule has 1 saturated heterocycles. The van der Waals surface area contributed by atoms with Crippen molar-refractivity contribution in [1.82, 2.24) is 9.80 Å². The summed E-state index contributed by atoms with van der Waals surface area (Å²) >= 11 is 0. The fourth-order valence-electron chi connectivity index (χ4n) is 2.14. The lowest BCUT2D eigenvalue weighted by Crippen LogP contribution is -2.48. The van der Waals surface area contributed by atoms with Gasteiger partial charge >= 0.3 is 12.0 Å². The molecule has 2 amide bonds. The van der Waals surface area contributed by atoms with Gasteiger partial charge in [0.2, 0.25) is 0 Å². The van der Waals surface area contributed by atoms with Crippen molar-refractivity contribution in [2.24, 2.45) is 0 Å². The molecule has 0 bridgehead atoms. The lowest BCUT2D eigenvalue weighted by molar-refractivity contribution is 0.0697. The molecule has 1 aromatic carbocycles. The minimum atomic E-state index is -1.05. The van der Waals surface area contributed by atoms with Gasteiger partial charge in [-0.15, -0.1) is 0 Å². The van der Waals surface area contributed by atoms with Gasteiger partial charge < -0.3 is 25.0 Å². The van der Waals surface area contributed by atoms with Gasteiger partial charge in [-0.1, -0.05) is 0 Å². The molecule has 21 heavy (non-hydrogen) atoms. The van der Waals surface area contributed by atoms with Gasteiger partial charge in [-0.3, -0.25) is 0 Å². The van der Waals surface area contributed by atoms with Gasteiger partial charge in [-0.05, 0) is 25.2 Å². The van der Waals surface area contributed by atoms with Crippen molar-refractivity contribution < 1.29 is 19.4 Å². The summed E-state index contributed by atoms with van der Waals surface area (Å²) in [6, 6.07) is 4.12. The fourth-order valence-corrected chi connectivity index (χ4v) is 2.14. The number of aromatic carboxylic acids is 1. The van der Waals surface area contributed by atoms with E-state index >= 15 is 0 Å². The van der Waals surface area contributed by atoms with E-state index < -0.39 is 5.97 Å². The van der Waals surface area contributed by atoms with Crippen LogP contribution in [0.5, 0.6) is 5.75 Å². The molecule has 2 N–H and O–H groups in total. The first-order chi connectivity index (χ1) is 10.0. The Morgan fingerprint density at radius 1 is 1.24 bits per heavy atom. The summed E-state index contributed by atoms with van der Waals surface area (Å²) in [7, 11) is 3.48. The number of carboxylic acid groups (broad SMARTS) is 1. The zero-order valence-corrected chi connectivity index (χ0v) is 12.1. The molecule has 1 aromatic rings. The highest BCUT2D eigenvalue weighted by molar-refractivity contribution is 5.94. The molecule has 0 atom stereocenters. The topological polar surface area (TPSA) is 82.1 Å². The number of piperazine rings is 1. The van der Waals surface area contributed by atoms with Crippen LogP contribution in [0.1, 0.15) is 10.4 Å². The number of nitrogens with zero attached hydrogens (tertiary/aromatic N) is 2. The van der Waals surface area contributed by atoms with Gasteiger partial charge in [0.05, 0.1) is 18.4 Å². The Bertz CT molecular complexity index is 539. The molecule has 1 aliphatic heterocycles. The molecule has 0 aromatic heterocycles. The van der Waals surface area contributed by atoms with E-state index in [9.17, 15) is 9.59 Å². The molecule has 0 aliphatic carbocycles. The van der Waals surface area contributed by atoms with Crippen LogP contribution in [0.4, 0.5) is 10.5 Å². The highest BCUT2D eigenvalue weighted by Gasteiger charge is 2.20. The number of hydrogen-bond donors (Lipinski definition) is 2. The van der Waals surface area contributed by atoms with Crippen molar-refractivity contribution >= 4 is 17.7 Å². The normalized spacial score (nSPS) is 15.6. The quantitative estimate of drug-likeness (QED) is 0.874. The third-order valence-corrected chi connectivity index (χ3v) is 3.48. The van der Waals surface area contributed by atoms with Gasteiger partial charge in [-0.2, -0.15) is 0 Å². The number of rotatable bonds is 3. The molecular formula is C14H19N3O4. The SMILES string of the molecule is COc1ccc(C(=O)O)cc1NC(=O)N1CCN(C)CC1. The zero-order chi connectivity index (χ0) is 15.4. The number of methoxy groups -OCH3 is 1. The van der Waals surface area contributed by atoms with E-state index in [-0.39, 0.29) is 11.6 Å². The standard InChI is InChI=1S/C14H19N3O4/c1-16-5-7-17(8-6-16)14(20)15-11-9-10(13(18)19)3-4-12(11)21-2/h3-4,9H,5-8H2,1-2H3,(H,15,20)(H,18,19). The molecule has 0 unspecified atom stereocenters. The second-order valence-electron chi connectivity index (χ2n) is 4.94. The van der Waals surface area contributed by atoms with Gasteiger partial charge in [0.15, 0.2) is 0 Å². The number of benzene rings is 1. The molecule has 114 valence electrons. The van der Waals surface area contributed by atoms with E-state index in [1.165, 1.54) is 25.3 Å². The van der Waals surface area contributed by atoms with Crippen LogP contribution in [0, 0.1) is 0 Å². The van der Waals surface area contributed by atoms with Crippen molar-refractivity contribution in [3.05, 3.63) is 23.8 Å². The number of carbonyl (C=O) groups excluding carboxylic acids is 1. The monoisotopic (exact) mass is 293 g/mol. The summed E-state index contributed by atoms with van der Waals surface area (Å²) < 4.78 is 5.15. The second kappa shape index (κ2) is 6.45. The lowest BCUT2D eigenvalue weighted by Gasteiger charge is -2.32. The van der Waals surface area contributed by atoms with E-state index in [0.29, 0.717) is 24.5 Å². The Labute approximate surface area is 123 Å². The van der Waals surface area contributed by atoms with Crippen LogP contribution < -0.4 is 10.1 Å². The molecule has 2 rings (SSSR count). The highest BCUT2D eigenvalue weighted by Crippen LogP contribution is 2.26. The minimum absolute atomic E-state index is 0.101. The molecule has 1 aliphatic rings. The Kier molecular flexibility index (Phi) is 4.64. The average molecular weight is 293 g/mol. The number of carbonyl (C=O) groups is 2. The maximum Gasteiger partial charge on any atom is 0.335 e. The first kappa shape index (κ1) is 15.1. The first-order valence-corrected chi connectivity index (χ1v) is 6.67. The van der Waals surface area contributed by atoms with E-state index in [4.69, 9.17) is 9.84 Å². The Hall–Kier alpha value is -2.28. The Morgan fingerprint density at radius 3 is 2.48 bits per heavy atom. The van der Waals surface area contributed by atoms with Crippen LogP contribution in [0.15, 0.2) is 18.2 Å². The van der Waals surface area contributed by atoms with Crippen LogP contribution >= 0.6 is 0 Å². The minimum Gasteiger partial charge on any atom is -0.495 e. The van der Waals surface area contributed by atoms with Crippen LogP contribution in [-0.4, -0.2) is 67.2 Å². The third kappa shape index (κ3) is 3.63. The molecular weight excluding hydrogens is 274 g/mol. The summed E-state index contributed by atoms with van der Waals surface area (Å²) in [6.07, 6.45) is 0. The molecule has 7 nitrogen and oxygen atoms in total. The zero-order valence-electron chi connectivity index (χ0n) is 12.1. The molecule has 0 saturated carbocycles. The summed E-state index contributed by atoms with van der Waals surface area (Å²) in [5.41, 5.74) is 0.464. The number of anilines is 1. The lowest BCUT2D eigenvalue weighted by atomic mass is 10.2. The van der Waals surface area contributed by atoms with Crippen molar-refractivity contribution in [2.45, 2.75) is 0 Å². The van der Waals surface area contributed by atoms with Crippen molar-refractivity contribution in [3.8, 4) is 5.75 Å². The Balaban J connectivity index is 2.12. The second-order valence-corrected chi connectivity index (χ2v) is 4.94. The number of amides is 2. The predicted molar refractivity (Wildman–Crippen MR) is 78.0 cm³/mol. The summed E-state index contributed by atoms with van der Waals surface area (Å²) in [4.78, 5) is 27.1. The summed E-state index contributed by atoms with van der Waals surface area (Å²) in [5, 5.41) is 11.7. The summed E-state index contributed by atoms with van der Waals surface area (Å²) in [6.45, 7) is 2.92. The predicted octanol–water partition coefficient (Wildman–Crippen LogP) is 1.17. The van der Waals surface area contributed by atoms with Gasteiger partial charge in [0, 0.05) is 26.2 Å². The maximum atomic E-state index is 12.2. The fraction of sp³-hybridized carbons (Fsp3) is 0.429. The first-order valence-electron chi connectivity index (χ1n) is 6.67. The van der Waals surface area contributed by atoms with E-state index in [1.807, 2.05) is 7.05 Å². The van der Waals surface area contributed by atoms with E-state index in [1.54, 1.807) is 4.90 Å². The number of urea groups is 1. The van der Waals surface area contributed by atoms with Gasteiger partial charge in [0.1, 0.15) is 5.75 Å². The van der Waals surface area contributed by atoms with Gasteiger partial charge in [0.25, 0.3) is 0 Å². The number of carboxylic acids is 1. The maximum absolute atomic E-state index is 12.2. The van der Waals surface area contributed by atoms with Crippen LogP contribution in [0.3, 0.4) is 0 Å². The molecule has 1 fully saturated rings. The molecule has 0 radical (unpaired) electrons.